The number of hydrogen-bond donors (Lipinski definition) is 0. The molecule has 2 rings (SSSR count). The fraction of sp³-hybridized carbons (Fsp3) is 0.250. The molecule has 0 amide bonds. The first kappa shape index (κ1) is 11.2. The Morgan fingerprint density at radius 1 is 1.41 bits per heavy atom. The van der Waals surface area contributed by atoms with Crippen LogP contribution in [0.1, 0.15) is 12.6 Å². The molecular formula is C12H12N4O. The molecule has 5 nitrogen and oxygen atoms in total. The molecule has 0 aliphatic carbocycles. The van der Waals surface area contributed by atoms with Gasteiger partial charge in [-0.05, 0) is 37.6 Å². The SMILES string of the molecule is CCOc1ccc2c(N=[N+]=[N-])cc(C)nc2c1. The Labute approximate surface area is 98.7 Å². The van der Waals surface area contributed by atoms with Gasteiger partial charge in [0.15, 0.2) is 0 Å². The third kappa shape index (κ3) is 2.29. The van der Waals surface area contributed by atoms with Crippen molar-refractivity contribution in [2.45, 2.75) is 13.8 Å². The Morgan fingerprint density at radius 2 is 2.24 bits per heavy atom. The number of azide groups is 1. The number of aryl methyl sites for hydroxylation is 1. The van der Waals surface area contributed by atoms with Crippen molar-refractivity contribution in [3.8, 4) is 5.75 Å². The number of benzene rings is 1. The average Bonchev–Trinajstić information content (AvgIpc) is 2.29. The van der Waals surface area contributed by atoms with Crippen molar-refractivity contribution in [3.05, 3.63) is 40.4 Å². The molecule has 0 atom stereocenters. The number of ether oxygens (including phenoxy) is 1. The summed E-state index contributed by atoms with van der Waals surface area (Å²) in [4.78, 5) is 7.22. The van der Waals surface area contributed by atoms with Crippen molar-refractivity contribution < 1.29 is 4.74 Å². The Bertz CT molecular complexity index is 603. The molecule has 2 aromatic rings. The number of nitrogens with zero attached hydrogens (tertiary/aromatic N) is 4. The second kappa shape index (κ2) is 4.72. The standard InChI is InChI=1S/C12H12N4O/c1-3-17-9-4-5-10-11(7-9)14-8(2)6-12(10)15-16-13/h4-7H,3H2,1-2H3. The predicted molar refractivity (Wildman–Crippen MR) is 66.5 cm³/mol. The van der Waals surface area contributed by atoms with Crippen LogP contribution in [0.5, 0.6) is 5.75 Å². The molecule has 0 unspecified atom stereocenters. The van der Waals surface area contributed by atoms with Gasteiger partial charge in [-0.3, -0.25) is 4.98 Å². The second-order valence-corrected chi connectivity index (χ2v) is 3.58. The smallest absolute Gasteiger partial charge is 0.121 e. The van der Waals surface area contributed by atoms with Crippen LogP contribution < -0.4 is 4.74 Å². The number of rotatable bonds is 3. The lowest BCUT2D eigenvalue weighted by molar-refractivity contribution is 0.340. The molecule has 1 heterocycles. The molecule has 0 aliphatic rings. The normalized spacial score (nSPS) is 10.0. The first-order valence-electron chi connectivity index (χ1n) is 5.34. The molecule has 0 saturated heterocycles. The molecule has 0 fully saturated rings. The number of fused-ring (bicyclic) bond motifs is 1. The van der Waals surface area contributed by atoms with Gasteiger partial charge < -0.3 is 4.74 Å². The van der Waals surface area contributed by atoms with Gasteiger partial charge in [0.05, 0.1) is 12.1 Å². The van der Waals surface area contributed by atoms with Crippen LogP contribution in [-0.4, -0.2) is 11.6 Å². The summed E-state index contributed by atoms with van der Waals surface area (Å²) >= 11 is 0. The highest BCUT2D eigenvalue weighted by molar-refractivity contribution is 5.90. The van der Waals surface area contributed by atoms with Gasteiger partial charge in [0.25, 0.3) is 0 Å². The first-order chi connectivity index (χ1) is 8.24. The summed E-state index contributed by atoms with van der Waals surface area (Å²) in [6.07, 6.45) is 0. The molecule has 1 aromatic carbocycles. The van der Waals surface area contributed by atoms with E-state index in [2.05, 4.69) is 15.0 Å². The van der Waals surface area contributed by atoms with Gasteiger partial charge in [0.2, 0.25) is 0 Å². The average molecular weight is 228 g/mol. The van der Waals surface area contributed by atoms with E-state index in [1.807, 2.05) is 32.0 Å². The summed E-state index contributed by atoms with van der Waals surface area (Å²) in [5.74, 6) is 0.769. The first-order valence-corrected chi connectivity index (χ1v) is 5.34. The summed E-state index contributed by atoms with van der Waals surface area (Å²) in [5.41, 5.74) is 10.7. The van der Waals surface area contributed by atoms with E-state index in [-0.39, 0.29) is 0 Å². The summed E-state index contributed by atoms with van der Waals surface area (Å²) in [7, 11) is 0. The molecule has 86 valence electrons. The minimum atomic E-state index is 0.595. The van der Waals surface area contributed by atoms with Gasteiger partial charge in [0, 0.05) is 27.7 Å². The van der Waals surface area contributed by atoms with Crippen molar-refractivity contribution in [1.29, 1.82) is 0 Å². The molecule has 17 heavy (non-hydrogen) atoms. The monoisotopic (exact) mass is 228 g/mol. The zero-order chi connectivity index (χ0) is 12.3. The Kier molecular flexibility index (Phi) is 3.12. The summed E-state index contributed by atoms with van der Waals surface area (Å²) in [6, 6.07) is 7.32. The van der Waals surface area contributed by atoms with Gasteiger partial charge in [0.1, 0.15) is 5.75 Å². The summed E-state index contributed by atoms with van der Waals surface area (Å²) < 4.78 is 5.41. The van der Waals surface area contributed by atoms with E-state index < -0.39 is 0 Å². The third-order valence-corrected chi connectivity index (χ3v) is 2.35. The number of hydrogen-bond acceptors (Lipinski definition) is 3. The van der Waals surface area contributed by atoms with Crippen LogP contribution in [0, 0.1) is 6.92 Å². The van der Waals surface area contributed by atoms with Crippen LogP contribution in [0.25, 0.3) is 21.3 Å². The topological polar surface area (TPSA) is 70.9 Å². The zero-order valence-corrected chi connectivity index (χ0v) is 9.71. The molecule has 0 aliphatic heterocycles. The van der Waals surface area contributed by atoms with Crippen LogP contribution in [-0.2, 0) is 0 Å². The molecule has 0 bridgehead atoms. The zero-order valence-electron chi connectivity index (χ0n) is 9.71. The maximum Gasteiger partial charge on any atom is 0.121 e. The van der Waals surface area contributed by atoms with Gasteiger partial charge in [-0.1, -0.05) is 5.11 Å². The van der Waals surface area contributed by atoms with E-state index in [1.54, 1.807) is 6.07 Å². The molecule has 1 aromatic heterocycles. The minimum Gasteiger partial charge on any atom is -0.494 e. The van der Waals surface area contributed by atoms with Gasteiger partial charge in [-0.2, -0.15) is 0 Å². The van der Waals surface area contributed by atoms with Crippen molar-refractivity contribution in [2.24, 2.45) is 5.11 Å². The fourth-order valence-electron chi connectivity index (χ4n) is 1.71. The lowest BCUT2D eigenvalue weighted by Gasteiger charge is -2.06. The van der Waals surface area contributed by atoms with E-state index in [4.69, 9.17) is 10.3 Å². The Morgan fingerprint density at radius 3 is 2.94 bits per heavy atom. The molecule has 5 heteroatoms. The predicted octanol–water partition coefficient (Wildman–Crippen LogP) is 3.88. The quantitative estimate of drug-likeness (QED) is 0.454. The molecule has 0 spiro atoms. The van der Waals surface area contributed by atoms with Gasteiger partial charge in [-0.15, -0.1) is 0 Å². The van der Waals surface area contributed by atoms with Crippen molar-refractivity contribution in [3.63, 3.8) is 0 Å². The van der Waals surface area contributed by atoms with E-state index in [0.29, 0.717) is 12.3 Å². The Balaban J connectivity index is 2.66. The molecule has 0 radical (unpaired) electrons. The van der Waals surface area contributed by atoms with Crippen LogP contribution in [0.2, 0.25) is 0 Å². The minimum absolute atomic E-state index is 0.595. The summed E-state index contributed by atoms with van der Waals surface area (Å²) in [5, 5.41) is 4.50. The summed E-state index contributed by atoms with van der Waals surface area (Å²) in [6.45, 7) is 4.41. The maximum absolute atomic E-state index is 8.52. The second-order valence-electron chi connectivity index (χ2n) is 3.58. The maximum atomic E-state index is 8.52. The lowest BCUT2D eigenvalue weighted by atomic mass is 10.1. The van der Waals surface area contributed by atoms with E-state index in [9.17, 15) is 0 Å². The van der Waals surface area contributed by atoms with Gasteiger partial charge in [-0.25, -0.2) is 0 Å². The fourth-order valence-corrected chi connectivity index (χ4v) is 1.71. The Hall–Kier alpha value is -2.26. The molecule has 0 N–H and O–H groups in total. The van der Waals surface area contributed by atoms with Crippen LogP contribution in [0.15, 0.2) is 29.4 Å². The van der Waals surface area contributed by atoms with Crippen molar-refractivity contribution >= 4 is 16.6 Å². The highest BCUT2D eigenvalue weighted by atomic mass is 16.5. The highest BCUT2D eigenvalue weighted by Gasteiger charge is 2.04. The van der Waals surface area contributed by atoms with E-state index in [1.165, 1.54) is 0 Å². The lowest BCUT2D eigenvalue weighted by Crippen LogP contribution is -1.92. The van der Waals surface area contributed by atoms with E-state index >= 15 is 0 Å². The van der Waals surface area contributed by atoms with E-state index in [0.717, 1.165) is 22.3 Å². The largest absolute Gasteiger partial charge is 0.494 e. The van der Waals surface area contributed by atoms with Crippen LogP contribution in [0.3, 0.4) is 0 Å². The van der Waals surface area contributed by atoms with Crippen LogP contribution in [0.4, 0.5) is 5.69 Å². The number of aromatic nitrogens is 1. The third-order valence-electron chi connectivity index (χ3n) is 2.35. The van der Waals surface area contributed by atoms with Crippen molar-refractivity contribution in [1.82, 2.24) is 4.98 Å². The van der Waals surface area contributed by atoms with Crippen LogP contribution >= 0.6 is 0 Å². The molecular weight excluding hydrogens is 216 g/mol. The van der Waals surface area contributed by atoms with Gasteiger partial charge >= 0.3 is 0 Å². The number of pyridine rings is 1. The van der Waals surface area contributed by atoms with Crippen molar-refractivity contribution in [2.75, 3.05) is 6.61 Å². The highest BCUT2D eigenvalue weighted by Crippen LogP contribution is 2.28. The molecule has 0 saturated carbocycles.